The number of nitrogens with one attached hydrogen (secondary N) is 1. The molecule has 1 aromatic carbocycles. The van der Waals surface area contributed by atoms with Crippen molar-refractivity contribution in [3.63, 3.8) is 0 Å². The van der Waals surface area contributed by atoms with E-state index in [9.17, 15) is 14.9 Å². The van der Waals surface area contributed by atoms with Gasteiger partial charge < -0.3 is 9.84 Å². The van der Waals surface area contributed by atoms with E-state index in [4.69, 9.17) is 16.1 Å². The van der Waals surface area contributed by atoms with Crippen LogP contribution >= 0.6 is 11.6 Å². The summed E-state index contributed by atoms with van der Waals surface area (Å²) >= 11 is 5.88. The number of rotatable bonds is 5. The lowest BCUT2D eigenvalue weighted by Crippen LogP contribution is -2.26. The van der Waals surface area contributed by atoms with Crippen LogP contribution in [0, 0.1) is 17.0 Å². The van der Waals surface area contributed by atoms with Crippen molar-refractivity contribution in [2.24, 2.45) is 0 Å². The molecule has 1 N–H and O–H groups in total. The van der Waals surface area contributed by atoms with Crippen LogP contribution in [0.5, 0.6) is 0 Å². The molecule has 110 valence electrons. The number of amides is 1. The summed E-state index contributed by atoms with van der Waals surface area (Å²) in [7, 11) is 0. The van der Waals surface area contributed by atoms with Crippen molar-refractivity contribution in [2.45, 2.75) is 13.3 Å². The van der Waals surface area contributed by atoms with Gasteiger partial charge in [0.1, 0.15) is 5.76 Å². The highest BCUT2D eigenvalue weighted by molar-refractivity contribution is 6.33. The molecule has 0 saturated carbocycles. The van der Waals surface area contributed by atoms with Crippen molar-refractivity contribution in [1.82, 2.24) is 10.5 Å². The molecular weight excluding hydrogens is 298 g/mol. The first-order valence-corrected chi connectivity index (χ1v) is 6.49. The molecule has 1 heterocycles. The predicted octanol–water partition coefficient (Wildman–Crippen LogP) is 2.52. The van der Waals surface area contributed by atoms with Gasteiger partial charge in [0.25, 0.3) is 11.6 Å². The maximum atomic E-state index is 12.0. The summed E-state index contributed by atoms with van der Waals surface area (Å²) in [4.78, 5) is 22.1. The van der Waals surface area contributed by atoms with Crippen molar-refractivity contribution in [3.05, 3.63) is 56.4 Å². The molecule has 0 unspecified atom stereocenters. The zero-order chi connectivity index (χ0) is 15.4. The van der Waals surface area contributed by atoms with E-state index in [1.54, 1.807) is 13.0 Å². The van der Waals surface area contributed by atoms with Crippen LogP contribution in [-0.4, -0.2) is 22.5 Å². The summed E-state index contributed by atoms with van der Waals surface area (Å²) in [5, 5.41) is 17.2. The summed E-state index contributed by atoms with van der Waals surface area (Å²) in [5.41, 5.74) is 0.646. The van der Waals surface area contributed by atoms with Crippen LogP contribution in [0.4, 0.5) is 5.69 Å². The number of non-ortho nitro benzene ring substituents is 1. The molecule has 2 rings (SSSR count). The average molecular weight is 310 g/mol. The van der Waals surface area contributed by atoms with Crippen LogP contribution in [0.25, 0.3) is 0 Å². The van der Waals surface area contributed by atoms with Crippen LogP contribution in [0.15, 0.2) is 28.8 Å². The Labute approximate surface area is 125 Å². The van der Waals surface area contributed by atoms with Gasteiger partial charge in [-0.25, -0.2) is 0 Å². The summed E-state index contributed by atoms with van der Waals surface area (Å²) in [5.74, 6) is 0.179. The first kappa shape index (κ1) is 15.0. The molecule has 0 aliphatic carbocycles. The number of aromatic nitrogens is 1. The lowest BCUT2D eigenvalue weighted by Gasteiger charge is -2.05. The van der Waals surface area contributed by atoms with E-state index in [0.29, 0.717) is 18.7 Å². The molecule has 0 spiro atoms. The molecule has 2 aromatic rings. The van der Waals surface area contributed by atoms with Gasteiger partial charge in [-0.15, -0.1) is 0 Å². The maximum Gasteiger partial charge on any atom is 0.270 e. The summed E-state index contributed by atoms with van der Waals surface area (Å²) in [6.45, 7) is 2.11. The predicted molar refractivity (Wildman–Crippen MR) is 75.4 cm³/mol. The Kier molecular flexibility index (Phi) is 4.54. The van der Waals surface area contributed by atoms with E-state index in [1.807, 2.05) is 0 Å². The monoisotopic (exact) mass is 309 g/mol. The van der Waals surface area contributed by atoms with Crippen molar-refractivity contribution >= 4 is 23.2 Å². The highest BCUT2D eigenvalue weighted by Gasteiger charge is 2.15. The molecule has 0 atom stereocenters. The smallest absolute Gasteiger partial charge is 0.270 e. The van der Waals surface area contributed by atoms with Gasteiger partial charge in [-0.3, -0.25) is 14.9 Å². The van der Waals surface area contributed by atoms with Gasteiger partial charge in [0.2, 0.25) is 0 Å². The second-order valence-corrected chi connectivity index (χ2v) is 4.77. The molecule has 0 fully saturated rings. The first-order valence-electron chi connectivity index (χ1n) is 6.11. The number of hydrogen-bond donors (Lipinski definition) is 1. The number of benzene rings is 1. The van der Waals surface area contributed by atoms with E-state index < -0.39 is 10.8 Å². The molecule has 0 radical (unpaired) electrons. The highest BCUT2D eigenvalue weighted by Crippen LogP contribution is 2.21. The third kappa shape index (κ3) is 3.79. The molecule has 7 nitrogen and oxygen atoms in total. The van der Waals surface area contributed by atoms with Crippen LogP contribution in [0.3, 0.4) is 0 Å². The molecular formula is C13H12ClN3O4. The summed E-state index contributed by atoms with van der Waals surface area (Å²) in [6.07, 6.45) is 0.471. The second-order valence-electron chi connectivity index (χ2n) is 4.36. The Bertz CT molecular complexity index is 684. The minimum atomic E-state index is -0.579. The van der Waals surface area contributed by atoms with Crippen molar-refractivity contribution in [1.29, 1.82) is 0 Å². The Hall–Kier alpha value is -2.41. The Balaban J connectivity index is 1.99. The summed E-state index contributed by atoms with van der Waals surface area (Å²) in [6, 6.07) is 5.49. The summed E-state index contributed by atoms with van der Waals surface area (Å²) < 4.78 is 5.01. The van der Waals surface area contributed by atoms with Gasteiger partial charge in [-0.2, -0.15) is 0 Å². The van der Waals surface area contributed by atoms with Gasteiger partial charge in [-0.1, -0.05) is 16.8 Å². The number of hydrogen-bond acceptors (Lipinski definition) is 5. The van der Waals surface area contributed by atoms with E-state index in [-0.39, 0.29) is 16.3 Å². The number of nitro groups is 1. The van der Waals surface area contributed by atoms with Crippen LogP contribution in [0.2, 0.25) is 5.02 Å². The van der Waals surface area contributed by atoms with Crippen molar-refractivity contribution < 1.29 is 14.2 Å². The molecule has 1 amide bonds. The lowest BCUT2D eigenvalue weighted by molar-refractivity contribution is -0.384. The minimum absolute atomic E-state index is 0.0691. The van der Waals surface area contributed by atoms with Crippen LogP contribution in [-0.2, 0) is 6.42 Å². The van der Waals surface area contributed by atoms with E-state index in [1.165, 1.54) is 12.1 Å². The van der Waals surface area contributed by atoms with Gasteiger partial charge >= 0.3 is 0 Å². The standard InChI is InChI=1S/C13H12ClN3O4/c1-8-6-10(21-16-8)4-5-15-13(18)11-7-9(17(19)20)2-3-12(11)14/h2-3,6-7H,4-5H2,1H3,(H,15,18). The van der Waals surface area contributed by atoms with E-state index >= 15 is 0 Å². The molecule has 21 heavy (non-hydrogen) atoms. The second kappa shape index (κ2) is 6.36. The third-order valence-corrected chi connectivity index (χ3v) is 3.07. The fourth-order valence-electron chi connectivity index (χ4n) is 1.73. The van der Waals surface area contributed by atoms with E-state index in [0.717, 1.165) is 11.8 Å². The van der Waals surface area contributed by atoms with Gasteiger partial charge in [0.15, 0.2) is 0 Å². The molecule has 0 aliphatic rings. The highest BCUT2D eigenvalue weighted by atomic mass is 35.5. The number of aryl methyl sites for hydroxylation is 1. The first-order chi connectivity index (χ1) is 9.97. The minimum Gasteiger partial charge on any atom is -0.361 e. The zero-order valence-electron chi connectivity index (χ0n) is 11.1. The number of carbonyl (C=O) groups excluding carboxylic acids is 1. The number of halogens is 1. The lowest BCUT2D eigenvalue weighted by atomic mass is 10.2. The fraction of sp³-hybridized carbons (Fsp3) is 0.231. The topological polar surface area (TPSA) is 98.3 Å². The number of nitro benzene ring substituents is 1. The molecule has 8 heteroatoms. The molecule has 0 aliphatic heterocycles. The molecule has 0 saturated heterocycles. The third-order valence-electron chi connectivity index (χ3n) is 2.74. The van der Waals surface area contributed by atoms with Gasteiger partial charge in [0.05, 0.1) is 21.2 Å². The fourth-order valence-corrected chi connectivity index (χ4v) is 1.93. The SMILES string of the molecule is Cc1cc(CCNC(=O)c2cc([N+](=O)[O-])ccc2Cl)on1. The quantitative estimate of drug-likeness (QED) is 0.676. The largest absolute Gasteiger partial charge is 0.361 e. The van der Waals surface area contributed by atoms with E-state index in [2.05, 4.69) is 10.5 Å². The zero-order valence-corrected chi connectivity index (χ0v) is 11.9. The van der Waals surface area contributed by atoms with Crippen LogP contribution in [0.1, 0.15) is 21.8 Å². The average Bonchev–Trinajstić information content (AvgIpc) is 2.84. The van der Waals surface area contributed by atoms with Gasteiger partial charge in [-0.05, 0) is 13.0 Å². The molecule has 1 aromatic heterocycles. The number of carbonyl (C=O) groups is 1. The van der Waals surface area contributed by atoms with Crippen molar-refractivity contribution in [2.75, 3.05) is 6.54 Å². The van der Waals surface area contributed by atoms with Crippen molar-refractivity contribution in [3.8, 4) is 0 Å². The normalized spacial score (nSPS) is 10.4. The molecule has 0 bridgehead atoms. The van der Waals surface area contributed by atoms with Gasteiger partial charge in [0, 0.05) is 31.2 Å². The van der Waals surface area contributed by atoms with Crippen LogP contribution < -0.4 is 5.32 Å². The Morgan fingerprint density at radius 2 is 2.24 bits per heavy atom. The Morgan fingerprint density at radius 1 is 1.48 bits per heavy atom. The Morgan fingerprint density at radius 3 is 2.86 bits per heavy atom. The number of nitrogens with zero attached hydrogens (tertiary/aromatic N) is 2. The maximum absolute atomic E-state index is 12.0.